The summed E-state index contributed by atoms with van der Waals surface area (Å²) in [5.74, 6) is -0.481. The zero-order valence-corrected chi connectivity index (χ0v) is 16.0. The molecule has 0 aromatic rings. The number of allylic oxidation sites excluding steroid dienone is 2. The van der Waals surface area contributed by atoms with Gasteiger partial charge in [-0.25, -0.2) is 4.79 Å². The van der Waals surface area contributed by atoms with Crippen molar-refractivity contribution in [2.75, 3.05) is 6.54 Å². The molecule has 0 radical (unpaired) electrons. The van der Waals surface area contributed by atoms with E-state index in [1.54, 1.807) is 0 Å². The number of rotatable bonds is 17. The molecule has 0 saturated carbocycles. The third-order valence-corrected chi connectivity index (χ3v) is 4.34. The molecule has 1 unspecified atom stereocenters. The number of amides is 1. The van der Waals surface area contributed by atoms with Gasteiger partial charge >= 0.3 is 5.91 Å². The molecule has 0 aromatic carbocycles. The monoisotopic (exact) mass is 357 g/mol. The van der Waals surface area contributed by atoms with Crippen LogP contribution in [0, 0.1) is 5.21 Å². The quantitative estimate of drug-likeness (QED) is 0.161. The fourth-order valence-electron chi connectivity index (χ4n) is 2.78. The fraction of sp³-hybridized carbons (Fsp3) is 0.850. The lowest BCUT2D eigenvalue weighted by atomic mass is 10.1. The lowest BCUT2D eigenvalue weighted by molar-refractivity contribution is -0.774. The number of hydrogen-bond donors (Lipinski definition) is 3. The molecule has 0 spiro atoms. The zero-order chi connectivity index (χ0) is 18.8. The molecule has 1 atom stereocenters. The second-order valence-electron chi connectivity index (χ2n) is 6.87. The van der Waals surface area contributed by atoms with E-state index < -0.39 is 23.8 Å². The maximum Gasteiger partial charge on any atom is 0.312 e. The highest BCUT2D eigenvalue weighted by molar-refractivity contribution is 5.66. The average Bonchev–Trinajstić information content (AvgIpc) is 2.57. The zero-order valence-electron chi connectivity index (χ0n) is 16.0. The number of carbonyl (C=O) groups excluding carboxylic acids is 1. The second kappa shape index (κ2) is 18.1. The van der Waals surface area contributed by atoms with Crippen LogP contribution >= 0.6 is 0 Å². The van der Waals surface area contributed by atoms with Crippen LogP contribution in [0.1, 0.15) is 96.8 Å². The summed E-state index contributed by atoms with van der Waals surface area (Å²) in [6, 6.07) is 0. The van der Waals surface area contributed by atoms with Crippen LogP contribution in [0.3, 0.4) is 0 Å². The Bertz CT molecular complexity index is 332. The molecule has 5 heteroatoms. The van der Waals surface area contributed by atoms with Crippen LogP contribution in [0.15, 0.2) is 12.2 Å². The van der Waals surface area contributed by atoms with Gasteiger partial charge in [-0.3, -0.25) is 0 Å². The third-order valence-electron chi connectivity index (χ3n) is 4.34. The molecule has 148 valence electrons. The Kier molecular flexibility index (Phi) is 17.5. The molecule has 5 nitrogen and oxygen atoms in total. The molecule has 0 bridgehead atoms. The van der Waals surface area contributed by atoms with Gasteiger partial charge in [0.05, 0.1) is 6.42 Å². The van der Waals surface area contributed by atoms with Gasteiger partial charge in [-0.15, -0.1) is 0 Å². The minimum atomic E-state index is -1.72. The lowest BCUT2D eigenvalue weighted by Crippen LogP contribution is -3.11. The van der Waals surface area contributed by atoms with E-state index in [1.165, 1.54) is 51.4 Å². The topological polar surface area (TPSA) is 85.0 Å². The fourth-order valence-corrected chi connectivity index (χ4v) is 2.78. The van der Waals surface area contributed by atoms with Crippen molar-refractivity contribution in [2.45, 2.75) is 103 Å². The van der Waals surface area contributed by atoms with Crippen LogP contribution in [0.25, 0.3) is 0 Å². The highest BCUT2D eigenvalue weighted by atomic mass is 16.5. The number of quaternary nitrogens is 1. The van der Waals surface area contributed by atoms with Crippen LogP contribution in [0.2, 0.25) is 0 Å². The van der Waals surface area contributed by atoms with Crippen molar-refractivity contribution in [2.24, 2.45) is 0 Å². The van der Waals surface area contributed by atoms with Gasteiger partial charge in [0, 0.05) is 0 Å². The molecule has 0 aliphatic rings. The predicted molar refractivity (Wildman–Crippen MR) is 102 cm³/mol. The van der Waals surface area contributed by atoms with Gasteiger partial charge in [-0.2, -0.15) is 0 Å². The van der Waals surface area contributed by atoms with Gasteiger partial charge < -0.3 is 20.5 Å². The predicted octanol–water partition coefficient (Wildman–Crippen LogP) is 3.24. The summed E-state index contributed by atoms with van der Waals surface area (Å²) in [7, 11) is 0. The number of hydrogen-bond acceptors (Lipinski definition) is 4. The number of unbranched alkanes of at least 4 members (excludes halogenated alkanes) is 11. The van der Waals surface area contributed by atoms with Crippen molar-refractivity contribution < 1.29 is 20.1 Å². The minimum absolute atomic E-state index is 0.226. The number of aliphatic hydroxyl groups is 2. The molecule has 3 N–H and O–H groups in total. The summed E-state index contributed by atoms with van der Waals surface area (Å²) in [6.45, 7) is 1.76. The summed E-state index contributed by atoms with van der Waals surface area (Å²) in [5, 5.41) is 27.9. The smallest absolute Gasteiger partial charge is 0.312 e. The molecule has 0 aliphatic carbocycles. The summed E-state index contributed by atoms with van der Waals surface area (Å²) in [4.78, 5) is 11.4. The number of aliphatic hydroxyl groups excluding tert-OH is 1. The van der Waals surface area contributed by atoms with Crippen molar-refractivity contribution >= 4 is 5.91 Å². The van der Waals surface area contributed by atoms with Crippen molar-refractivity contribution in [1.29, 1.82) is 0 Å². The van der Waals surface area contributed by atoms with Crippen molar-refractivity contribution in [3.05, 3.63) is 17.4 Å². The molecule has 0 aliphatic heterocycles. The Morgan fingerprint density at radius 1 is 0.880 bits per heavy atom. The maximum absolute atomic E-state index is 11.4. The van der Waals surface area contributed by atoms with Gasteiger partial charge in [0.25, 0.3) is 0 Å². The Hall–Kier alpha value is -0.750. The van der Waals surface area contributed by atoms with Crippen LogP contribution in [-0.4, -0.2) is 29.0 Å². The first-order valence-corrected chi connectivity index (χ1v) is 10.1. The Labute approximate surface area is 153 Å². The summed E-state index contributed by atoms with van der Waals surface area (Å²) in [6.07, 6.45) is 18.6. The van der Waals surface area contributed by atoms with E-state index in [0.29, 0.717) is 6.42 Å². The maximum atomic E-state index is 11.4. The Morgan fingerprint density at radius 3 is 1.88 bits per heavy atom. The van der Waals surface area contributed by atoms with E-state index in [9.17, 15) is 10.0 Å². The summed E-state index contributed by atoms with van der Waals surface area (Å²) < 4.78 is 0. The standard InChI is InChI=1S/C20H39NO4/c1-2-3-4-5-6-7-8-9-10-11-12-13-14-15-16-17-19(22)21(25)18-20(23)24/h9-10,20-21,23-24H,2-8,11-18H2,1H3. The van der Waals surface area contributed by atoms with Gasteiger partial charge in [-0.1, -0.05) is 70.4 Å². The highest BCUT2D eigenvalue weighted by Crippen LogP contribution is 2.09. The van der Waals surface area contributed by atoms with Crippen molar-refractivity contribution in [1.82, 2.24) is 0 Å². The first-order valence-electron chi connectivity index (χ1n) is 10.1. The van der Waals surface area contributed by atoms with Gasteiger partial charge in [0.1, 0.15) is 6.54 Å². The van der Waals surface area contributed by atoms with Crippen LogP contribution < -0.4 is 5.06 Å². The second-order valence-corrected chi connectivity index (χ2v) is 6.87. The van der Waals surface area contributed by atoms with Gasteiger partial charge in [0.15, 0.2) is 0 Å². The van der Waals surface area contributed by atoms with E-state index in [0.717, 1.165) is 25.7 Å². The van der Waals surface area contributed by atoms with Crippen LogP contribution in [0.4, 0.5) is 0 Å². The summed E-state index contributed by atoms with van der Waals surface area (Å²) in [5.41, 5.74) is 0. The van der Waals surface area contributed by atoms with E-state index in [1.807, 2.05) is 0 Å². The van der Waals surface area contributed by atoms with Crippen LogP contribution in [0.5, 0.6) is 0 Å². The molecule has 0 rings (SSSR count). The van der Waals surface area contributed by atoms with Gasteiger partial charge in [-0.05, 0) is 32.1 Å². The SMILES string of the molecule is CCCCCCCCC=CCCCCCCCC(=O)[NH+]([O-])CC(O)O. The Morgan fingerprint density at radius 2 is 1.36 bits per heavy atom. The van der Waals surface area contributed by atoms with E-state index in [-0.39, 0.29) is 6.42 Å². The lowest BCUT2D eigenvalue weighted by Gasteiger charge is -2.20. The summed E-state index contributed by atoms with van der Waals surface area (Å²) >= 11 is 0. The van der Waals surface area contributed by atoms with E-state index in [2.05, 4.69) is 19.1 Å². The minimum Gasteiger partial charge on any atom is -0.627 e. The molecule has 0 heterocycles. The molecular weight excluding hydrogens is 318 g/mol. The first kappa shape index (κ1) is 24.2. The highest BCUT2D eigenvalue weighted by Gasteiger charge is 2.13. The third kappa shape index (κ3) is 17.9. The van der Waals surface area contributed by atoms with Crippen molar-refractivity contribution in [3.8, 4) is 0 Å². The number of carbonyl (C=O) groups is 1. The molecular formula is C20H39NO4. The average molecular weight is 358 g/mol. The van der Waals surface area contributed by atoms with Crippen molar-refractivity contribution in [3.63, 3.8) is 0 Å². The van der Waals surface area contributed by atoms with Gasteiger partial charge in [0.2, 0.25) is 6.29 Å². The van der Waals surface area contributed by atoms with Crippen LogP contribution in [-0.2, 0) is 4.79 Å². The molecule has 1 amide bonds. The molecule has 0 fully saturated rings. The molecule has 25 heavy (non-hydrogen) atoms. The molecule has 0 saturated heterocycles. The largest absolute Gasteiger partial charge is 0.627 e. The van der Waals surface area contributed by atoms with E-state index >= 15 is 0 Å². The van der Waals surface area contributed by atoms with E-state index in [4.69, 9.17) is 10.2 Å². The number of nitrogens with one attached hydrogen (secondary N) is 1. The number of hydroxylamine groups is 2. The molecule has 0 aromatic heterocycles. The Balaban J connectivity index is 3.30. The normalized spacial score (nSPS) is 13.0. The first-order chi connectivity index (χ1) is 12.1.